The van der Waals surface area contributed by atoms with Gasteiger partial charge in [-0.3, -0.25) is 0 Å². The van der Waals surface area contributed by atoms with Crippen LogP contribution in [-0.2, 0) is 0 Å². The van der Waals surface area contributed by atoms with E-state index in [0.29, 0.717) is 29.5 Å². The number of rotatable bonds is 9. The number of methoxy groups -OCH3 is 3. The highest BCUT2D eigenvalue weighted by Crippen LogP contribution is 2.40. The van der Waals surface area contributed by atoms with Gasteiger partial charge in [0.05, 0.1) is 21.3 Å². The Balaban J connectivity index is 1.45. The molecule has 0 amide bonds. The minimum Gasteiger partial charge on any atom is -0.493 e. The maximum atomic E-state index is 10.5. The van der Waals surface area contributed by atoms with Crippen LogP contribution < -0.4 is 18.9 Å². The van der Waals surface area contributed by atoms with Crippen molar-refractivity contribution in [2.75, 3.05) is 60.7 Å². The van der Waals surface area contributed by atoms with E-state index in [9.17, 15) is 5.11 Å². The molecule has 2 fully saturated rings. The monoisotopic (exact) mass is 408 g/mol. The molecule has 7 nitrogen and oxygen atoms in total. The molecule has 1 unspecified atom stereocenters. The number of hydrogen-bond donors (Lipinski definition) is 1. The summed E-state index contributed by atoms with van der Waals surface area (Å²) in [6.07, 6.45) is 5.92. The average Bonchev–Trinajstić information content (AvgIpc) is 2.78. The third kappa shape index (κ3) is 5.90. The lowest BCUT2D eigenvalue weighted by atomic mass is 10.00. The number of piperidine rings is 2. The van der Waals surface area contributed by atoms with Gasteiger partial charge in [0.1, 0.15) is 18.5 Å². The van der Waals surface area contributed by atoms with Crippen LogP contribution in [0.25, 0.3) is 0 Å². The fourth-order valence-electron chi connectivity index (χ4n) is 4.43. The van der Waals surface area contributed by atoms with Crippen LogP contribution in [0.2, 0.25) is 0 Å². The van der Waals surface area contributed by atoms with Crippen molar-refractivity contribution >= 4 is 0 Å². The van der Waals surface area contributed by atoms with E-state index >= 15 is 0 Å². The van der Waals surface area contributed by atoms with Crippen LogP contribution in [0.5, 0.6) is 23.0 Å². The van der Waals surface area contributed by atoms with Crippen LogP contribution in [0.4, 0.5) is 0 Å². The van der Waals surface area contributed by atoms with Crippen molar-refractivity contribution in [3.63, 3.8) is 0 Å². The summed E-state index contributed by atoms with van der Waals surface area (Å²) in [4.78, 5) is 5.02. The summed E-state index contributed by atoms with van der Waals surface area (Å²) in [7, 11) is 4.71. The lowest BCUT2D eigenvalue weighted by Crippen LogP contribution is -2.48. The number of β-amino-alcohol motifs (C(OH)–C–C–N with tert-alkyl or cyclic N) is 1. The molecular formula is C22H36N2O5. The van der Waals surface area contributed by atoms with E-state index in [4.69, 9.17) is 18.9 Å². The van der Waals surface area contributed by atoms with Crippen molar-refractivity contribution in [1.29, 1.82) is 0 Å². The second-order valence-corrected chi connectivity index (χ2v) is 7.95. The maximum Gasteiger partial charge on any atom is 0.203 e. The smallest absolute Gasteiger partial charge is 0.203 e. The van der Waals surface area contributed by atoms with E-state index in [1.807, 2.05) is 0 Å². The summed E-state index contributed by atoms with van der Waals surface area (Å²) in [6.45, 7) is 5.47. The van der Waals surface area contributed by atoms with Crippen LogP contribution in [0.15, 0.2) is 12.1 Å². The van der Waals surface area contributed by atoms with Gasteiger partial charge >= 0.3 is 0 Å². The van der Waals surface area contributed by atoms with Gasteiger partial charge in [-0.1, -0.05) is 6.42 Å². The van der Waals surface area contributed by atoms with Crippen LogP contribution >= 0.6 is 0 Å². The molecular weight excluding hydrogens is 372 g/mol. The molecule has 1 N–H and O–H groups in total. The Hall–Kier alpha value is -1.70. The predicted molar refractivity (Wildman–Crippen MR) is 112 cm³/mol. The summed E-state index contributed by atoms with van der Waals surface area (Å²) < 4.78 is 21.8. The lowest BCUT2D eigenvalue weighted by molar-refractivity contribution is 0.0405. The molecule has 2 saturated heterocycles. The normalized spacial score (nSPS) is 20.3. The predicted octanol–water partition coefficient (Wildman–Crippen LogP) is 2.40. The summed E-state index contributed by atoms with van der Waals surface area (Å²) in [6, 6.07) is 4.22. The van der Waals surface area contributed by atoms with Crippen molar-refractivity contribution in [2.24, 2.45) is 0 Å². The Labute approximate surface area is 174 Å². The number of aliphatic hydroxyl groups is 1. The van der Waals surface area contributed by atoms with Gasteiger partial charge < -0.3 is 33.9 Å². The molecule has 2 aliphatic heterocycles. The van der Waals surface area contributed by atoms with Crippen molar-refractivity contribution in [2.45, 2.75) is 44.2 Å². The highest BCUT2D eigenvalue weighted by atomic mass is 16.5. The Morgan fingerprint density at radius 3 is 2.10 bits per heavy atom. The molecule has 1 atom stereocenters. The summed E-state index contributed by atoms with van der Waals surface area (Å²) in [5, 5.41) is 10.5. The first-order valence-corrected chi connectivity index (χ1v) is 10.7. The van der Waals surface area contributed by atoms with Gasteiger partial charge in [0.2, 0.25) is 5.75 Å². The molecule has 0 saturated carbocycles. The largest absolute Gasteiger partial charge is 0.493 e. The Kier molecular flexibility index (Phi) is 8.27. The molecule has 3 rings (SSSR count). The highest BCUT2D eigenvalue weighted by molar-refractivity contribution is 5.55. The Morgan fingerprint density at radius 2 is 1.55 bits per heavy atom. The SMILES string of the molecule is COc1cc(OCC(O)CN2CCC(N3CCCCC3)CC2)cc(OC)c1OC. The molecule has 2 heterocycles. The van der Waals surface area contributed by atoms with Crippen LogP contribution in [0.1, 0.15) is 32.1 Å². The Morgan fingerprint density at radius 1 is 0.931 bits per heavy atom. The van der Waals surface area contributed by atoms with Crippen LogP contribution in [0.3, 0.4) is 0 Å². The third-order valence-electron chi connectivity index (χ3n) is 6.01. The molecule has 0 aliphatic carbocycles. The van der Waals surface area contributed by atoms with Crippen molar-refractivity contribution in [1.82, 2.24) is 9.80 Å². The molecule has 0 spiro atoms. The van der Waals surface area contributed by atoms with Crippen LogP contribution in [-0.4, -0.2) is 87.7 Å². The number of aliphatic hydroxyl groups excluding tert-OH is 1. The number of benzene rings is 1. The molecule has 164 valence electrons. The second kappa shape index (κ2) is 10.9. The minimum absolute atomic E-state index is 0.227. The van der Waals surface area contributed by atoms with Gasteiger partial charge in [-0.2, -0.15) is 0 Å². The molecule has 7 heteroatoms. The fraction of sp³-hybridized carbons (Fsp3) is 0.727. The van der Waals surface area contributed by atoms with E-state index in [0.717, 1.165) is 19.1 Å². The zero-order valence-corrected chi connectivity index (χ0v) is 18.1. The quantitative estimate of drug-likeness (QED) is 0.673. The number of ether oxygens (including phenoxy) is 4. The minimum atomic E-state index is -0.541. The number of hydrogen-bond acceptors (Lipinski definition) is 7. The van der Waals surface area contributed by atoms with Crippen molar-refractivity contribution in [3.05, 3.63) is 12.1 Å². The molecule has 29 heavy (non-hydrogen) atoms. The average molecular weight is 409 g/mol. The van der Waals surface area contributed by atoms with E-state index in [1.165, 1.54) is 45.2 Å². The van der Waals surface area contributed by atoms with Gasteiger partial charge in [0, 0.05) is 24.7 Å². The van der Waals surface area contributed by atoms with Gasteiger partial charge in [-0.15, -0.1) is 0 Å². The first kappa shape index (κ1) is 22.0. The molecule has 1 aromatic rings. The second-order valence-electron chi connectivity index (χ2n) is 7.95. The van der Waals surface area contributed by atoms with Crippen molar-refractivity contribution in [3.8, 4) is 23.0 Å². The standard InChI is InChI=1S/C22H36N2O5/c1-26-20-13-19(14-21(27-2)22(20)28-3)29-16-18(25)15-23-11-7-17(8-12-23)24-9-5-4-6-10-24/h13-14,17-18,25H,4-12,15-16H2,1-3H3. The van der Waals surface area contributed by atoms with Gasteiger partial charge in [0.15, 0.2) is 11.5 Å². The van der Waals surface area contributed by atoms with Gasteiger partial charge in [-0.25, -0.2) is 0 Å². The first-order valence-electron chi connectivity index (χ1n) is 10.7. The topological polar surface area (TPSA) is 63.6 Å². The van der Waals surface area contributed by atoms with E-state index in [2.05, 4.69) is 9.80 Å². The summed E-state index contributed by atoms with van der Waals surface area (Å²) >= 11 is 0. The van der Waals surface area contributed by atoms with E-state index in [-0.39, 0.29) is 6.61 Å². The number of nitrogens with zero attached hydrogens (tertiary/aromatic N) is 2. The Bertz CT molecular complexity index is 603. The summed E-state index contributed by atoms with van der Waals surface area (Å²) in [5.74, 6) is 2.19. The van der Waals surface area contributed by atoms with Crippen molar-refractivity contribution < 1.29 is 24.1 Å². The molecule has 2 aliphatic rings. The van der Waals surface area contributed by atoms with E-state index in [1.54, 1.807) is 33.5 Å². The highest BCUT2D eigenvalue weighted by Gasteiger charge is 2.26. The maximum absolute atomic E-state index is 10.5. The fourth-order valence-corrected chi connectivity index (χ4v) is 4.43. The number of likely N-dealkylation sites (tertiary alicyclic amines) is 2. The third-order valence-corrected chi connectivity index (χ3v) is 6.01. The molecule has 0 aromatic heterocycles. The zero-order valence-electron chi connectivity index (χ0n) is 18.1. The summed E-state index contributed by atoms with van der Waals surface area (Å²) in [5.41, 5.74) is 0. The molecule has 0 radical (unpaired) electrons. The van der Waals surface area contributed by atoms with Gasteiger partial charge in [0.25, 0.3) is 0 Å². The van der Waals surface area contributed by atoms with E-state index < -0.39 is 6.10 Å². The molecule has 0 bridgehead atoms. The molecule has 1 aromatic carbocycles. The zero-order chi connectivity index (χ0) is 20.6. The first-order chi connectivity index (χ1) is 14.1. The van der Waals surface area contributed by atoms with Gasteiger partial charge in [-0.05, 0) is 51.9 Å². The van der Waals surface area contributed by atoms with Crippen LogP contribution in [0, 0.1) is 0 Å². The lowest BCUT2D eigenvalue weighted by Gasteiger charge is -2.40.